The van der Waals surface area contributed by atoms with Crippen LogP contribution in [0.2, 0.25) is 0 Å². The molecule has 8 nitrogen and oxygen atoms in total. The molecule has 168 valence electrons. The molecule has 0 atom stereocenters. The molecule has 32 heavy (non-hydrogen) atoms. The van der Waals surface area contributed by atoms with Crippen LogP contribution in [0.1, 0.15) is 35.4 Å². The number of ether oxygens (including phenoxy) is 2. The number of aromatic nitrogens is 3. The number of nitrogens with zero attached hydrogens (tertiary/aromatic N) is 4. The van der Waals surface area contributed by atoms with E-state index in [4.69, 9.17) is 14.5 Å². The highest BCUT2D eigenvalue weighted by atomic mass is 32.1. The Bertz CT molecular complexity index is 1070. The van der Waals surface area contributed by atoms with Crippen LogP contribution in [0.5, 0.6) is 11.5 Å². The Morgan fingerprint density at radius 1 is 1.09 bits per heavy atom. The van der Waals surface area contributed by atoms with Gasteiger partial charge in [-0.1, -0.05) is 0 Å². The van der Waals surface area contributed by atoms with Gasteiger partial charge in [0.1, 0.15) is 22.8 Å². The molecule has 0 aliphatic carbocycles. The standard InChI is InChI=1S/C23H27N5O3S/c1-30-19-7-6-16(12-20(19)31-2)23-27-17(14-32-23)8-9-24-22(29)18-13-21(26-15-25-18)28-10-4-3-5-11-28/h6-7,12-15H,3-5,8-11H2,1-2H3,(H,24,29). The molecule has 0 spiro atoms. The second kappa shape index (κ2) is 10.4. The topological polar surface area (TPSA) is 89.5 Å². The highest BCUT2D eigenvalue weighted by molar-refractivity contribution is 7.13. The molecule has 1 N–H and O–H groups in total. The lowest BCUT2D eigenvalue weighted by atomic mass is 10.1. The molecule has 9 heteroatoms. The van der Waals surface area contributed by atoms with E-state index in [1.54, 1.807) is 31.6 Å². The van der Waals surface area contributed by atoms with Crippen LogP contribution in [0.3, 0.4) is 0 Å². The van der Waals surface area contributed by atoms with Gasteiger partial charge in [-0.2, -0.15) is 0 Å². The van der Waals surface area contributed by atoms with Crippen molar-refractivity contribution in [1.29, 1.82) is 0 Å². The van der Waals surface area contributed by atoms with Crippen LogP contribution >= 0.6 is 11.3 Å². The van der Waals surface area contributed by atoms with Crippen molar-refractivity contribution >= 4 is 23.1 Å². The molecule has 1 aliphatic heterocycles. The first-order chi connectivity index (χ1) is 15.7. The zero-order valence-corrected chi connectivity index (χ0v) is 19.2. The third-order valence-electron chi connectivity index (χ3n) is 5.41. The number of hydrogen-bond acceptors (Lipinski definition) is 8. The zero-order chi connectivity index (χ0) is 22.3. The highest BCUT2D eigenvalue weighted by Gasteiger charge is 2.15. The van der Waals surface area contributed by atoms with Crippen molar-refractivity contribution in [3.63, 3.8) is 0 Å². The number of rotatable bonds is 8. The number of piperidine rings is 1. The Morgan fingerprint density at radius 2 is 1.91 bits per heavy atom. The minimum Gasteiger partial charge on any atom is -0.493 e. The molecule has 1 saturated heterocycles. The summed E-state index contributed by atoms with van der Waals surface area (Å²) in [5, 5.41) is 5.85. The Balaban J connectivity index is 1.33. The van der Waals surface area contributed by atoms with E-state index in [0.717, 1.165) is 48.0 Å². The van der Waals surface area contributed by atoms with Crippen LogP contribution in [-0.2, 0) is 6.42 Å². The molecule has 0 radical (unpaired) electrons. The summed E-state index contributed by atoms with van der Waals surface area (Å²) in [7, 11) is 3.23. The molecular formula is C23H27N5O3S. The quantitative estimate of drug-likeness (QED) is 0.558. The Morgan fingerprint density at radius 3 is 2.69 bits per heavy atom. The van der Waals surface area contributed by atoms with Crippen molar-refractivity contribution in [2.24, 2.45) is 0 Å². The van der Waals surface area contributed by atoms with Gasteiger partial charge in [0.05, 0.1) is 19.9 Å². The van der Waals surface area contributed by atoms with Crippen molar-refractivity contribution in [3.05, 3.63) is 47.4 Å². The molecule has 1 aromatic carbocycles. The van der Waals surface area contributed by atoms with Crippen LogP contribution in [0.4, 0.5) is 5.82 Å². The van der Waals surface area contributed by atoms with Gasteiger partial charge in [0.15, 0.2) is 11.5 Å². The molecule has 0 saturated carbocycles. The van der Waals surface area contributed by atoms with Gasteiger partial charge in [-0.3, -0.25) is 4.79 Å². The molecule has 2 aromatic heterocycles. The number of amides is 1. The number of carbonyl (C=O) groups excluding carboxylic acids is 1. The average molecular weight is 454 g/mol. The molecule has 1 fully saturated rings. The van der Waals surface area contributed by atoms with E-state index in [1.807, 2.05) is 23.6 Å². The van der Waals surface area contributed by atoms with Gasteiger partial charge >= 0.3 is 0 Å². The maximum absolute atomic E-state index is 12.6. The van der Waals surface area contributed by atoms with Crippen molar-refractivity contribution < 1.29 is 14.3 Å². The fourth-order valence-corrected chi connectivity index (χ4v) is 4.54. The lowest BCUT2D eigenvalue weighted by Crippen LogP contribution is -2.31. The lowest BCUT2D eigenvalue weighted by Gasteiger charge is -2.27. The zero-order valence-electron chi connectivity index (χ0n) is 18.3. The number of thiazole rings is 1. The maximum atomic E-state index is 12.6. The van der Waals surface area contributed by atoms with E-state index in [1.165, 1.54) is 12.7 Å². The summed E-state index contributed by atoms with van der Waals surface area (Å²) in [6.45, 7) is 2.44. The van der Waals surface area contributed by atoms with Gasteiger partial charge in [0.25, 0.3) is 5.91 Å². The van der Waals surface area contributed by atoms with Gasteiger partial charge in [-0.25, -0.2) is 15.0 Å². The second-order valence-corrected chi connectivity index (χ2v) is 8.39. The average Bonchev–Trinajstić information content (AvgIpc) is 3.33. The number of methoxy groups -OCH3 is 2. The van der Waals surface area contributed by atoms with Gasteiger partial charge in [-0.15, -0.1) is 11.3 Å². The molecule has 4 rings (SSSR count). The Kier molecular flexibility index (Phi) is 7.16. The first-order valence-corrected chi connectivity index (χ1v) is 11.6. The summed E-state index contributed by atoms with van der Waals surface area (Å²) in [4.78, 5) is 28.0. The highest BCUT2D eigenvalue weighted by Crippen LogP contribution is 2.33. The van der Waals surface area contributed by atoms with Crippen LogP contribution < -0.4 is 19.7 Å². The predicted octanol–water partition coefficient (Wildman–Crippen LogP) is 3.58. The third kappa shape index (κ3) is 5.16. The third-order valence-corrected chi connectivity index (χ3v) is 6.35. The van der Waals surface area contributed by atoms with Crippen LogP contribution in [-0.4, -0.2) is 54.7 Å². The first kappa shape index (κ1) is 22.0. The van der Waals surface area contributed by atoms with Gasteiger partial charge in [0, 0.05) is 43.1 Å². The first-order valence-electron chi connectivity index (χ1n) is 10.7. The van der Waals surface area contributed by atoms with Crippen LogP contribution in [0, 0.1) is 0 Å². The summed E-state index contributed by atoms with van der Waals surface area (Å²) in [5.74, 6) is 1.98. The Hall–Kier alpha value is -3.20. The summed E-state index contributed by atoms with van der Waals surface area (Å²) in [6, 6.07) is 7.52. The van der Waals surface area contributed by atoms with Crippen LogP contribution in [0.25, 0.3) is 10.6 Å². The van der Waals surface area contributed by atoms with Crippen LogP contribution in [0.15, 0.2) is 36.0 Å². The van der Waals surface area contributed by atoms with E-state index >= 15 is 0 Å². The maximum Gasteiger partial charge on any atom is 0.270 e. The minimum atomic E-state index is -0.194. The van der Waals surface area contributed by atoms with Crippen molar-refractivity contribution in [1.82, 2.24) is 20.3 Å². The largest absolute Gasteiger partial charge is 0.493 e. The van der Waals surface area contributed by atoms with Crippen molar-refractivity contribution in [2.45, 2.75) is 25.7 Å². The Labute approximate surface area is 191 Å². The molecular weight excluding hydrogens is 426 g/mol. The SMILES string of the molecule is COc1ccc(-c2nc(CCNC(=O)c3cc(N4CCCCC4)ncn3)cs2)cc1OC. The monoisotopic (exact) mass is 453 g/mol. The minimum absolute atomic E-state index is 0.194. The summed E-state index contributed by atoms with van der Waals surface area (Å²) in [6.07, 6.45) is 5.67. The summed E-state index contributed by atoms with van der Waals surface area (Å²) < 4.78 is 10.7. The number of benzene rings is 1. The second-order valence-electron chi connectivity index (χ2n) is 7.53. The number of anilines is 1. The molecule has 3 aromatic rings. The van der Waals surface area contributed by atoms with Crippen molar-refractivity contribution in [2.75, 3.05) is 38.8 Å². The summed E-state index contributed by atoms with van der Waals surface area (Å²) >= 11 is 1.56. The smallest absolute Gasteiger partial charge is 0.270 e. The van der Waals surface area contributed by atoms with E-state index in [0.29, 0.717) is 30.2 Å². The number of carbonyl (C=O) groups is 1. The van der Waals surface area contributed by atoms with E-state index in [9.17, 15) is 4.79 Å². The molecule has 1 amide bonds. The molecule has 3 heterocycles. The van der Waals surface area contributed by atoms with Gasteiger partial charge in [-0.05, 0) is 37.5 Å². The molecule has 1 aliphatic rings. The lowest BCUT2D eigenvalue weighted by molar-refractivity contribution is 0.0949. The van der Waals surface area contributed by atoms with E-state index in [2.05, 4.69) is 20.2 Å². The van der Waals surface area contributed by atoms with Crippen molar-refractivity contribution in [3.8, 4) is 22.1 Å². The van der Waals surface area contributed by atoms with Gasteiger partial charge < -0.3 is 19.7 Å². The number of nitrogens with one attached hydrogen (secondary N) is 1. The number of hydrogen-bond donors (Lipinski definition) is 1. The fraction of sp³-hybridized carbons (Fsp3) is 0.391. The molecule has 0 bridgehead atoms. The fourth-order valence-electron chi connectivity index (χ4n) is 3.69. The van der Waals surface area contributed by atoms with Gasteiger partial charge in [0.2, 0.25) is 0 Å². The van der Waals surface area contributed by atoms with E-state index in [-0.39, 0.29) is 5.91 Å². The molecule has 0 unspecified atom stereocenters. The van der Waals surface area contributed by atoms with E-state index < -0.39 is 0 Å². The summed E-state index contributed by atoms with van der Waals surface area (Å²) in [5.41, 5.74) is 2.29. The predicted molar refractivity (Wildman–Crippen MR) is 125 cm³/mol. The normalized spacial score (nSPS) is 13.6.